The van der Waals surface area contributed by atoms with Gasteiger partial charge in [-0.1, -0.05) is 50.3 Å². The number of hydrogen-bond acceptors (Lipinski definition) is 4. The molecule has 3 aromatic heterocycles. The van der Waals surface area contributed by atoms with Crippen molar-refractivity contribution in [3.8, 4) is 11.5 Å². The van der Waals surface area contributed by atoms with Gasteiger partial charge < -0.3 is 10.3 Å². The molecule has 1 aromatic carbocycles. The third-order valence-electron chi connectivity index (χ3n) is 7.89. The van der Waals surface area contributed by atoms with E-state index in [-0.39, 0.29) is 5.82 Å². The van der Waals surface area contributed by atoms with Crippen LogP contribution in [0, 0.1) is 25.6 Å². The molecule has 0 unspecified atom stereocenters. The second-order valence-corrected chi connectivity index (χ2v) is 11.2. The molecule has 0 spiro atoms. The van der Waals surface area contributed by atoms with Gasteiger partial charge in [0.2, 0.25) is 0 Å². The number of pyridine rings is 1. The standard InChI is InChI=1S/C35H39FN6/c1-6-9-31(28-14-22(2)15-30(36)17-28)34-25(5)39-35(40-34)33-24(4)32(41-42-33)13-12-23(3)29-16-27(20-38-21-29)19-37-18-26-10-7-8-11-26/h6,9,12-17,20-21,26,37,41H,1,4,7-8,10-11,18-19H2,2-3,5H3,(H,39,40)/b23-12+,31-9-,32-13+. The average Bonchev–Trinajstić information content (AvgIpc) is 3.71. The summed E-state index contributed by atoms with van der Waals surface area (Å²) in [6.45, 7) is 15.9. The first-order valence-corrected chi connectivity index (χ1v) is 14.6. The van der Waals surface area contributed by atoms with Crippen molar-refractivity contribution in [3.63, 3.8) is 0 Å². The quantitative estimate of drug-likeness (QED) is 0.203. The van der Waals surface area contributed by atoms with Crippen LogP contribution in [-0.4, -0.2) is 31.7 Å². The fourth-order valence-electron chi connectivity index (χ4n) is 5.61. The lowest BCUT2D eigenvalue weighted by Gasteiger charge is -2.11. The van der Waals surface area contributed by atoms with Gasteiger partial charge in [0.15, 0.2) is 5.82 Å². The Morgan fingerprint density at radius 1 is 1.10 bits per heavy atom. The maximum Gasteiger partial charge on any atom is 0.159 e. The molecule has 0 aliphatic heterocycles. The molecule has 3 heterocycles. The predicted octanol–water partition coefficient (Wildman–Crippen LogP) is 6.14. The number of imidazole rings is 1. The number of H-pyrrole nitrogens is 2. The van der Waals surface area contributed by atoms with Gasteiger partial charge in [0.1, 0.15) is 11.5 Å². The van der Waals surface area contributed by atoms with Crippen LogP contribution in [0.1, 0.15) is 66.2 Å². The highest BCUT2D eigenvalue weighted by atomic mass is 19.1. The van der Waals surface area contributed by atoms with Gasteiger partial charge in [0.25, 0.3) is 0 Å². The van der Waals surface area contributed by atoms with E-state index in [1.807, 2.05) is 44.5 Å². The minimum atomic E-state index is -0.289. The molecule has 6 nitrogen and oxygen atoms in total. The molecule has 1 aliphatic carbocycles. The number of nitrogens with one attached hydrogen (secondary N) is 3. The minimum absolute atomic E-state index is 0.289. The highest BCUT2D eigenvalue weighted by Crippen LogP contribution is 2.28. The second kappa shape index (κ2) is 13.1. The zero-order valence-corrected chi connectivity index (χ0v) is 24.7. The fourth-order valence-corrected chi connectivity index (χ4v) is 5.61. The fraction of sp³-hybridized carbons (Fsp3) is 0.286. The number of aryl methyl sites for hydroxylation is 2. The Bertz CT molecular complexity index is 1730. The molecular weight excluding hydrogens is 523 g/mol. The Balaban J connectivity index is 1.36. The van der Waals surface area contributed by atoms with Crippen molar-refractivity contribution in [2.24, 2.45) is 5.92 Å². The van der Waals surface area contributed by atoms with Crippen molar-refractivity contribution < 1.29 is 4.39 Å². The number of aromatic amines is 2. The lowest BCUT2D eigenvalue weighted by molar-refractivity contribution is 0.489. The minimum Gasteiger partial charge on any atom is -0.340 e. The molecule has 7 heteroatoms. The van der Waals surface area contributed by atoms with Crippen molar-refractivity contribution in [1.82, 2.24) is 30.5 Å². The smallest absolute Gasteiger partial charge is 0.159 e. The lowest BCUT2D eigenvalue weighted by atomic mass is 9.99. The average molecular weight is 563 g/mol. The predicted molar refractivity (Wildman–Crippen MR) is 170 cm³/mol. The van der Waals surface area contributed by atoms with Crippen molar-refractivity contribution in [3.05, 3.63) is 111 Å². The summed E-state index contributed by atoms with van der Waals surface area (Å²) < 4.78 is 14.2. The van der Waals surface area contributed by atoms with Gasteiger partial charge in [-0.15, -0.1) is 0 Å². The molecule has 0 amide bonds. The Morgan fingerprint density at radius 3 is 2.67 bits per heavy atom. The maximum absolute atomic E-state index is 14.2. The van der Waals surface area contributed by atoms with E-state index >= 15 is 0 Å². The molecular formula is C35H39FN6. The molecule has 0 atom stereocenters. The number of hydrogen-bond donors (Lipinski definition) is 3. The Hall–Kier alpha value is -4.36. The summed E-state index contributed by atoms with van der Waals surface area (Å²) in [6, 6.07) is 7.15. The largest absolute Gasteiger partial charge is 0.340 e. The number of nitrogens with zero attached hydrogens (tertiary/aromatic N) is 3. The van der Waals surface area contributed by atoms with Crippen LogP contribution in [-0.2, 0) is 6.54 Å². The van der Waals surface area contributed by atoms with Crippen molar-refractivity contribution in [2.75, 3.05) is 6.54 Å². The molecule has 4 aromatic rings. The molecule has 1 fully saturated rings. The number of aromatic nitrogens is 5. The summed E-state index contributed by atoms with van der Waals surface area (Å²) in [5.41, 5.74) is 7.90. The maximum atomic E-state index is 14.2. The summed E-state index contributed by atoms with van der Waals surface area (Å²) in [7, 11) is 0. The number of benzene rings is 1. The first-order chi connectivity index (χ1) is 20.3. The van der Waals surface area contributed by atoms with E-state index < -0.39 is 0 Å². The molecule has 1 saturated carbocycles. The van der Waals surface area contributed by atoms with Crippen LogP contribution in [0.2, 0.25) is 0 Å². The molecule has 42 heavy (non-hydrogen) atoms. The van der Waals surface area contributed by atoms with E-state index in [4.69, 9.17) is 4.98 Å². The van der Waals surface area contributed by atoms with E-state index in [0.29, 0.717) is 17.2 Å². The Kier molecular flexibility index (Phi) is 9.08. The van der Waals surface area contributed by atoms with Crippen molar-refractivity contribution >= 4 is 23.8 Å². The van der Waals surface area contributed by atoms with Gasteiger partial charge in [0, 0.05) is 35.4 Å². The van der Waals surface area contributed by atoms with Crippen LogP contribution in [0.5, 0.6) is 0 Å². The van der Waals surface area contributed by atoms with E-state index in [2.05, 4.69) is 57.7 Å². The molecule has 5 rings (SSSR count). The normalized spacial score (nSPS) is 15.1. The SMILES string of the molecule is C=C/C=C(/c1cc(C)cc(F)c1)c1nc(-c2n[nH]/c(=C/C=C(\C)c3cncc(CNCC4CCCC4)c3)c2=C)[nH]c1C. The first kappa shape index (κ1) is 29.1. The molecule has 3 N–H and O–H groups in total. The monoisotopic (exact) mass is 562 g/mol. The molecule has 0 bridgehead atoms. The highest BCUT2D eigenvalue weighted by molar-refractivity contribution is 5.81. The van der Waals surface area contributed by atoms with Gasteiger partial charge in [0.05, 0.1) is 11.0 Å². The van der Waals surface area contributed by atoms with Gasteiger partial charge in [-0.25, -0.2) is 9.37 Å². The highest BCUT2D eigenvalue weighted by Gasteiger charge is 2.17. The first-order valence-electron chi connectivity index (χ1n) is 14.6. The topological polar surface area (TPSA) is 82.3 Å². The van der Waals surface area contributed by atoms with Gasteiger partial charge in [-0.3, -0.25) is 10.1 Å². The molecule has 0 radical (unpaired) electrons. The number of allylic oxidation sites excluding steroid dienone is 4. The van der Waals surface area contributed by atoms with E-state index in [1.54, 1.807) is 6.08 Å². The summed E-state index contributed by atoms with van der Waals surface area (Å²) in [5.74, 6) is 1.12. The van der Waals surface area contributed by atoms with Crippen LogP contribution >= 0.6 is 0 Å². The van der Waals surface area contributed by atoms with Crippen molar-refractivity contribution in [2.45, 2.75) is 53.0 Å². The summed E-state index contributed by atoms with van der Waals surface area (Å²) in [5, 5.41) is 12.7. The molecule has 1 aliphatic rings. The van der Waals surface area contributed by atoms with E-state index in [0.717, 1.165) is 63.1 Å². The Morgan fingerprint density at radius 2 is 1.90 bits per heavy atom. The zero-order chi connectivity index (χ0) is 29.6. The van der Waals surface area contributed by atoms with Gasteiger partial charge in [-0.05, 0) is 98.2 Å². The third kappa shape index (κ3) is 6.74. The van der Waals surface area contributed by atoms with E-state index in [9.17, 15) is 4.39 Å². The van der Waals surface area contributed by atoms with E-state index in [1.165, 1.54) is 43.4 Å². The summed E-state index contributed by atoms with van der Waals surface area (Å²) in [4.78, 5) is 12.7. The van der Waals surface area contributed by atoms with Crippen LogP contribution in [0.3, 0.4) is 0 Å². The van der Waals surface area contributed by atoms with Crippen LogP contribution in [0.4, 0.5) is 4.39 Å². The van der Waals surface area contributed by atoms with Gasteiger partial charge in [-0.2, -0.15) is 5.10 Å². The van der Waals surface area contributed by atoms with Gasteiger partial charge >= 0.3 is 0 Å². The number of rotatable bonds is 10. The summed E-state index contributed by atoms with van der Waals surface area (Å²) in [6.07, 6.45) is 16.8. The number of halogens is 1. The third-order valence-corrected chi connectivity index (χ3v) is 7.89. The Labute approximate surface area is 246 Å². The molecule has 0 saturated heterocycles. The van der Waals surface area contributed by atoms with Crippen LogP contribution < -0.4 is 15.9 Å². The second-order valence-electron chi connectivity index (χ2n) is 11.2. The van der Waals surface area contributed by atoms with Crippen molar-refractivity contribution in [1.29, 1.82) is 0 Å². The lowest BCUT2D eigenvalue weighted by Crippen LogP contribution is -2.21. The summed E-state index contributed by atoms with van der Waals surface area (Å²) >= 11 is 0. The van der Waals surface area contributed by atoms with Crippen LogP contribution in [0.15, 0.2) is 61.5 Å². The zero-order valence-electron chi connectivity index (χ0n) is 24.7. The van der Waals surface area contributed by atoms with Crippen LogP contribution in [0.25, 0.3) is 35.3 Å². The molecule has 216 valence electrons.